The summed E-state index contributed by atoms with van der Waals surface area (Å²) in [6.45, 7) is -1.15. The minimum absolute atomic E-state index is 1.15. The van der Waals surface area contributed by atoms with Crippen molar-refractivity contribution in [2.75, 3.05) is 18.1 Å². The molecule has 0 spiro atoms. The van der Waals surface area contributed by atoms with Crippen LogP contribution in [0.5, 0.6) is 0 Å². The number of halogens is 17. The Morgan fingerprint density at radius 2 is 0.824 bits per heavy atom. The quantitative estimate of drug-likeness (QED) is 0.329. The van der Waals surface area contributed by atoms with Gasteiger partial charge in [0.05, 0.1) is 18.1 Å². The highest BCUT2D eigenvalue weighted by atomic mass is 32.2. The topological polar surface area (TPSA) is 54.4 Å². The fourth-order valence-electron chi connectivity index (χ4n) is 2.11. The molecule has 0 saturated carbocycles. The van der Waals surface area contributed by atoms with Gasteiger partial charge in [-0.05, 0) is 6.42 Å². The standard InChI is InChI=1S/C13H11F17O3S/c14-6(15,2-1-4-34(32,33)5-3-31)7(16,17)8(18,19)9(20,21)10(22,23)11(24,25)12(26,27)13(28,29)30/h31H,1-5H2. The number of rotatable bonds is 12. The molecule has 0 rings (SSSR count). The van der Waals surface area contributed by atoms with Gasteiger partial charge in [-0.2, -0.15) is 74.6 Å². The van der Waals surface area contributed by atoms with Crippen LogP contribution in [0.2, 0.25) is 0 Å². The Labute approximate surface area is 177 Å². The summed E-state index contributed by atoms with van der Waals surface area (Å²) >= 11 is 0. The monoisotopic (exact) mass is 570 g/mol. The summed E-state index contributed by atoms with van der Waals surface area (Å²) in [5, 5.41) is 8.35. The maximum atomic E-state index is 13.5. The van der Waals surface area contributed by atoms with E-state index >= 15 is 0 Å². The van der Waals surface area contributed by atoms with Crippen LogP contribution in [-0.2, 0) is 9.84 Å². The molecule has 0 aliphatic carbocycles. The van der Waals surface area contributed by atoms with E-state index in [2.05, 4.69) is 0 Å². The van der Waals surface area contributed by atoms with Crippen molar-refractivity contribution < 1.29 is 88.2 Å². The van der Waals surface area contributed by atoms with E-state index in [-0.39, 0.29) is 0 Å². The van der Waals surface area contributed by atoms with E-state index in [1.165, 1.54) is 0 Å². The SMILES string of the molecule is O=S(=O)(CCO)CCCC(F)(F)C(F)(F)C(F)(F)C(F)(F)C(F)(F)C(F)(F)C(F)(F)C(F)(F)F. The third-order valence-corrected chi connectivity index (χ3v) is 5.85. The second-order valence-corrected chi connectivity index (χ2v) is 8.93. The molecule has 0 fully saturated rings. The van der Waals surface area contributed by atoms with Crippen molar-refractivity contribution in [3.05, 3.63) is 0 Å². The van der Waals surface area contributed by atoms with Crippen LogP contribution in [-0.4, -0.2) is 79.3 Å². The second kappa shape index (κ2) is 8.99. The highest BCUT2D eigenvalue weighted by molar-refractivity contribution is 7.91. The fraction of sp³-hybridized carbons (Fsp3) is 1.00. The number of aliphatic hydroxyl groups excluding tert-OH is 1. The lowest BCUT2D eigenvalue weighted by Crippen LogP contribution is -2.74. The van der Waals surface area contributed by atoms with Crippen LogP contribution >= 0.6 is 0 Å². The number of aliphatic hydroxyl groups is 1. The summed E-state index contributed by atoms with van der Waals surface area (Å²) in [7, 11) is -4.51. The molecule has 0 heterocycles. The van der Waals surface area contributed by atoms with Gasteiger partial charge in [0, 0.05) is 6.42 Å². The molecular formula is C13H11F17O3S. The van der Waals surface area contributed by atoms with Crippen molar-refractivity contribution in [2.24, 2.45) is 0 Å². The predicted octanol–water partition coefficient (Wildman–Crippen LogP) is 5.18. The Bertz CT molecular complexity index is 815. The van der Waals surface area contributed by atoms with Gasteiger partial charge in [-0.1, -0.05) is 0 Å². The van der Waals surface area contributed by atoms with Gasteiger partial charge in [-0.3, -0.25) is 0 Å². The van der Waals surface area contributed by atoms with Crippen LogP contribution < -0.4 is 0 Å². The molecule has 34 heavy (non-hydrogen) atoms. The number of sulfone groups is 1. The first-order chi connectivity index (χ1) is 14.5. The molecule has 21 heteroatoms. The first-order valence-corrected chi connectivity index (χ1v) is 9.86. The summed E-state index contributed by atoms with van der Waals surface area (Å²) in [4.78, 5) is 0. The van der Waals surface area contributed by atoms with Gasteiger partial charge >= 0.3 is 47.6 Å². The van der Waals surface area contributed by atoms with Crippen molar-refractivity contribution in [3.63, 3.8) is 0 Å². The summed E-state index contributed by atoms with van der Waals surface area (Å²) in [6, 6.07) is 0. The molecule has 0 amide bonds. The summed E-state index contributed by atoms with van der Waals surface area (Å²) in [6.07, 6.45) is -12.4. The van der Waals surface area contributed by atoms with E-state index in [0.29, 0.717) is 0 Å². The zero-order valence-corrected chi connectivity index (χ0v) is 16.4. The first kappa shape index (κ1) is 32.7. The molecule has 0 radical (unpaired) electrons. The molecule has 0 aromatic carbocycles. The van der Waals surface area contributed by atoms with Gasteiger partial charge in [0.25, 0.3) is 0 Å². The van der Waals surface area contributed by atoms with E-state index in [9.17, 15) is 83.1 Å². The van der Waals surface area contributed by atoms with Gasteiger partial charge in [-0.15, -0.1) is 0 Å². The van der Waals surface area contributed by atoms with Gasteiger partial charge in [0.1, 0.15) is 0 Å². The van der Waals surface area contributed by atoms with Crippen molar-refractivity contribution in [1.29, 1.82) is 0 Å². The van der Waals surface area contributed by atoms with E-state index in [1.807, 2.05) is 0 Å². The van der Waals surface area contributed by atoms with Gasteiger partial charge in [0.2, 0.25) is 0 Å². The molecule has 206 valence electrons. The maximum absolute atomic E-state index is 13.5. The Morgan fingerprint density at radius 1 is 0.500 bits per heavy atom. The van der Waals surface area contributed by atoms with Gasteiger partial charge in [-0.25, -0.2) is 8.42 Å². The minimum atomic E-state index is -8.70. The lowest BCUT2D eigenvalue weighted by Gasteiger charge is -2.42. The maximum Gasteiger partial charge on any atom is 0.460 e. The van der Waals surface area contributed by atoms with E-state index in [0.717, 1.165) is 0 Å². The smallest absolute Gasteiger partial charge is 0.395 e. The average molecular weight is 570 g/mol. The molecule has 0 unspecified atom stereocenters. The van der Waals surface area contributed by atoms with Crippen LogP contribution in [0.1, 0.15) is 12.8 Å². The van der Waals surface area contributed by atoms with Crippen molar-refractivity contribution in [2.45, 2.75) is 60.5 Å². The summed E-state index contributed by atoms with van der Waals surface area (Å²) in [5.41, 5.74) is 0. The minimum Gasteiger partial charge on any atom is -0.395 e. The molecule has 0 atom stereocenters. The fourth-order valence-corrected chi connectivity index (χ4v) is 3.18. The molecular weight excluding hydrogens is 559 g/mol. The van der Waals surface area contributed by atoms with E-state index < -0.39 is 88.4 Å². The molecule has 0 aromatic rings. The Morgan fingerprint density at radius 3 is 1.15 bits per heavy atom. The average Bonchev–Trinajstić information content (AvgIpc) is 2.59. The lowest BCUT2D eigenvalue weighted by molar-refractivity contribution is -0.461. The highest BCUT2D eigenvalue weighted by Gasteiger charge is 2.95. The second-order valence-electron chi connectivity index (χ2n) is 6.63. The summed E-state index contributed by atoms with van der Waals surface area (Å²) < 4.78 is 244. The Kier molecular flexibility index (Phi) is 8.65. The van der Waals surface area contributed by atoms with Crippen LogP contribution in [0.3, 0.4) is 0 Å². The summed E-state index contributed by atoms with van der Waals surface area (Å²) in [5.74, 6) is -59.8. The van der Waals surface area contributed by atoms with Gasteiger partial charge in [0.15, 0.2) is 9.84 Å². The molecule has 0 aliphatic heterocycles. The third kappa shape index (κ3) is 4.99. The zero-order chi connectivity index (χ0) is 28.0. The number of hydrogen-bond acceptors (Lipinski definition) is 3. The normalized spacial score (nSPS) is 16.2. The largest absolute Gasteiger partial charge is 0.460 e. The van der Waals surface area contributed by atoms with Crippen LogP contribution in [0.15, 0.2) is 0 Å². The molecule has 1 N–H and O–H groups in total. The zero-order valence-electron chi connectivity index (χ0n) is 15.6. The van der Waals surface area contributed by atoms with Crippen LogP contribution in [0.4, 0.5) is 74.6 Å². The predicted molar refractivity (Wildman–Crippen MR) is 75.7 cm³/mol. The number of alkyl halides is 17. The molecule has 0 aromatic heterocycles. The van der Waals surface area contributed by atoms with Crippen molar-refractivity contribution >= 4 is 9.84 Å². The molecule has 0 saturated heterocycles. The Hall–Kier alpha value is -1.28. The van der Waals surface area contributed by atoms with Crippen molar-refractivity contribution in [1.82, 2.24) is 0 Å². The Balaban J connectivity index is 6.35. The number of hydrogen-bond donors (Lipinski definition) is 1. The van der Waals surface area contributed by atoms with Crippen LogP contribution in [0, 0.1) is 0 Å². The third-order valence-electron chi connectivity index (χ3n) is 4.14. The van der Waals surface area contributed by atoms with E-state index in [4.69, 9.17) is 5.11 Å². The van der Waals surface area contributed by atoms with Crippen LogP contribution in [0.25, 0.3) is 0 Å². The molecule has 0 aliphatic rings. The lowest BCUT2D eigenvalue weighted by atomic mass is 9.88. The molecule has 0 bridgehead atoms. The van der Waals surface area contributed by atoms with Gasteiger partial charge < -0.3 is 5.11 Å². The van der Waals surface area contributed by atoms with E-state index in [1.54, 1.807) is 0 Å². The molecule has 3 nitrogen and oxygen atoms in total. The highest BCUT2D eigenvalue weighted by Crippen LogP contribution is 2.64. The van der Waals surface area contributed by atoms with Crippen molar-refractivity contribution in [3.8, 4) is 0 Å². The first-order valence-electron chi connectivity index (χ1n) is 8.04.